The molecule has 1 heterocycles. The molecule has 0 radical (unpaired) electrons. The highest BCUT2D eigenvalue weighted by atomic mass is 15.0. The van der Waals surface area contributed by atoms with Crippen molar-refractivity contribution in [2.75, 3.05) is 5.32 Å². The number of aromatic nitrogens is 1. The van der Waals surface area contributed by atoms with E-state index in [1.165, 1.54) is 43.5 Å². The molecule has 1 fully saturated rings. The van der Waals surface area contributed by atoms with Gasteiger partial charge in [0.15, 0.2) is 0 Å². The van der Waals surface area contributed by atoms with Crippen LogP contribution in [0.1, 0.15) is 39.0 Å². The Morgan fingerprint density at radius 3 is 2.70 bits per heavy atom. The molecule has 1 aliphatic carbocycles. The average molecular weight is 268 g/mol. The minimum Gasteiger partial charge on any atom is -0.382 e. The normalized spacial score (nSPS) is 22.6. The number of nitrogens with one attached hydrogen (secondary N) is 1. The fourth-order valence-electron chi connectivity index (χ4n) is 3.36. The predicted octanol–water partition coefficient (Wildman–Crippen LogP) is 4.86. The van der Waals surface area contributed by atoms with Crippen LogP contribution in [0.5, 0.6) is 0 Å². The molecule has 106 valence electrons. The fourth-order valence-corrected chi connectivity index (χ4v) is 3.36. The summed E-state index contributed by atoms with van der Waals surface area (Å²) in [7, 11) is 0. The molecule has 0 aliphatic heterocycles. The van der Waals surface area contributed by atoms with E-state index in [2.05, 4.69) is 65.6 Å². The van der Waals surface area contributed by atoms with Gasteiger partial charge in [-0.25, -0.2) is 0 Å². The molecule has 0 amide bonds. The lowest BCUT2D eigenvalue weighted by Gasteiger charge is -2.32. The van der Waals surface area contributed by atoms with Gasteiger partial charge in [-0.05, 0) is 49.1 Å². The summed E-state index contributed by atoms with van der Waals surface area (Å²) in [6.07, 6.45) is 10.9. The van der Waals surface area contributed by atoms with E-state index in [0.29, 0.717) is 6.04 Å². The number of hydrogen-bond donors (Lipinski definition) is 1. The first-order valence-corrected chi connectivity index (χ1v) is 7.87. The van der Waals surface area contributed by atoms with Crippen molar-refractivity contribution in [2.24, 2.45) is 5.92 Å². The molecule has 2 unspecified atom stereocenters. The SMILES string of the molecule is CCC1CCCCC1Nc1cccc(-n2cccc2)c1. The van der Waals surface area contributed by atoms with Gasteiger partial charge >= 0.3 is 0 Å². The van der Waals surface area contributed by atoms with Crippen LogP contribution in [0.2, 0.25) is 0 Å². The standard InChI is InChI=1S/C18H24N2/c1-2-15-8-3-4-11-18(15)19-16-9-7-10-17(14-16)20-12-5-6-13-20/h5-7,9-10,12-15,18-19H,2-4,8,11H2,1H3. The van der Waals surface area contributed by atoms with Gasteiger partial charge in [0.1, 0.15) is 0 Å². The Labute approximate surface area is 121 Å². The van der Waals surface area contributed by atoms with Crippen molar-refractivity contribution in [3.05, 3.63) is 48.8 Å². The molecule has 1 N–H and O–H groups in total. The molecule has 2 aromatic rings. The molecule has 0 saturated heterocycles. The summed E-state index contributed by atoms with van der Waals surface area (Å²) in [4.78, 5) is 0. The average Bonchev–Trinajstić information content (AvgIpc) is 3.02. The van der Waals surface area contributed by atoms with Gasteiger partial charge in [0.05, 0.1) is 0 Å². The third-order valence-electron chi connectivity index (χ3n) is 4.53. The van der Waals surface area contributed by atoms with Gasteiger partial charge in [-0.1, -0.05) is 32.3 Å². The molecule has 1 saturated carbocycles. The Hall–Kier alpha value is -1.70. The second kappa shape index (κ2) is 6.17. The maximum absolute atomic E-state index is 3.77. The summed E-state index contributed by atoms with van der Waals surface area (Å²) in [6, 6.07) is 13.5. The third kappa shape index (κ3) is 2.90. The molecule has 2 nitrogen and oxygen atoms in total. The topological polar surface area (TPSA) is 17.0 Å². The molecule has 2 atom stereocenters. The molecule has 0 spiro atoms. The second-order valence-electron chi connectivity index (χ2n) is 5.84. The van der Waals surface area contributed by atoms with E-state index in [1.807, 2.05) is 0 Å². The molecule has 20 heavy (non-hydrogen) atoms. The van der Waals surface area contributed by atoms with Crippen molar-refractivity contribution in [1.82, 2.24) is 4.57 Å². The Morgan fingerprint density at radius 2 is 1.90 bits per heavy atom. The first-order valence-electron chi connectivity index (χ1n) is 7.87. The highest BCUT2D eigenvalue weighted by molar-refractivity contribution is 5.52. The number of rotatable bonds is 4. The first-order chi connectivity index (χ1) is 9.86. The second-order valence-corrected chi connectivity index (χ2v) is 5.84. The number of anilines is 1. The smallest absolute Gasteiger partial charge is 0.0469 e. The summed E-state index contributed by atoms with van der Waals surface area (Å²) in [5.74, 6) is 0.832. The summed E-state index contributed by atoms with van der Waals surface area (Å²) in [5.41, 5.74) is 2.48. The van der Waals surface area contributed by atoms with Gasteiger partial charge in [-0.2, -0.15) is 0 Å². The van der Waals surface area contributed by atoms with E-state index in [9.17, 15) is 0 Å². The largest absolute Gasteiger partial charge is 0.382 e. The number of nitrogens with zero attached hydrogens (tertiary/aromatic N) is 1. The minimum atomic E-state index is 0.647. The predicted molar refractivity (Wildman–Crippen MR) is 85.4 cm³/mol. The zero-order valence-electron chi connectivity index (χ0n) is 12.3. The molecule has 0 bridgehead atoms. The van der Waals surface area contributed by atoms with Crippen LogP contribution in [0.4, 0.5) is 5.69 Å². The lowest BCUT2D eigenvalue weighted by Crippen LogP contribution is -2.31. The molecule has 1 aliphatic rings. The molecular weight excluding hydrogens is 244 g/mol. The van der Waals surface area contributed by atoms with Crippen LogP contribution in [0.15, 0.2) is 48.8 Å². The van der Waals surface area contributed by atoms with Crippen molar-refractivity contribution >= 4 is 5.69 Å². The maximum Gasteiger partial charge on any atom is 0.0469 e. The van der Waals surface area contributed by atoms with Crippen molar-refractivity contribution in [3.8, 4) is 5.69 Å². The van der Waals surface area contributed by atoms with Crippen molar-refractivity contribution < 1.29 is 0 Å². The van der Waals surface area contributed by atoms with Gasteiger partial charge < -0.3 is 9.88 Å². The van der Waals surface area contributed by atoms with Crippen molar-refractivity contribution in [3.63, 3.8) is 0 Å². The molecule has 1 aromatic carbocycles. The van der Waals surface area contributed by atoms with Crippen molar-refractivity contribution in [2.45, 2.75) is 45.1 Å². The Bertz CT molecular complexity index is 530. The van der Waals surface area contributed by atoms with E-state index < -0.39 is 0 Å². The van der Waals surface area contributed by atoms with Crippen molar-refractivity contribution in [1.29, 1.82) is 0 Å². The van der Waals surface area contributed by atoms with Gasteiger partial charge in [0.2, 0.25) is 0 Å². The zero-order chi connectivity index (χ0) is 13.8. The van der Waals surface area contributed by atoms with E-state index in [4.69, 9.17) is 0 Å². The van der Waals surface area contributed by atoms with Crippen LogP contribution in [0.25, 0.3) is 5.69 Å². The van der Waals surface area contributed by atoms with E-state index >= 15 is 0 Å². The highest BCUT2D eigenvalue weighted by Gasteiger charge is 2.23. The van der Waals surface area contributed by atoms with E-state index in [1.54, 1.807) is 0 Å². The number of hydrogen-bond acceptors (Lipinski definition) is 1. The summed E-state index contributed by atoms with van der Waals surface area (Å²) in [6.45, 7) is 2.32. The molecule has 2 heteroatoms. The minimum absolute atomic E-state index is 0.647. The Balaban J connectivity index is 1.75. The van der Waals surface area contributed by atoms with Gasteiger partial charge in [0.25, 0.3) is 0 Å². The van der Waals surface area contributed by atoms with E-state index in [-0.39, 0.29) is 0 Å². The summed E-state index contributed by atoms with van der Waals surface area (Å²) >= 11 is 0. The lowest BCUT2D eigenvalue weighted by molar-refractivity contribution is 0.317. The van der Waals surface area contributed by atoms with Gasteiger partial charge in [-0.3, -0.25) is 0 Å². The van der Waals surface area contributed by atoms with Crippen LogP contribution >= 0.6 is 0 Å². The maximum atomic E-state index is 3.77. The number of benzene rings is 1. The monoisotopic (exact) mass is 268 g/mol. The van der Waals surface area contributed by atoms with Crippen LogP contribution < -0.4 is 5.32 Å². The summed E-state index contributed by atoms with van der Waals surface area (Å²) in [5, 5.41) is 3.77. The quantitative estimate of drug-likeness (QED) is 0.838. The van der Waals surface area contributed by atoms with Gasteiger partial charge in [-0.15, -0.1) is 0 Å². The zero-order valence-corrected chi connectivity index (χ0v) is 12.3. The van der Waals surface area contributed by atoms with Gasteiger partial charge in [0, 0.05) is 29.8 Å². The first kappa shape index (κ1) is 13.3. The Morgan fingerprint density at radius 1 is 1.10 bits per heavy atom. The Kier molecular flexibility index (Phi) is 4.10. The molecule has 1 aromatic heterocycles. The van der Waals surface area contributed by atoms with E-state index in [0.717, 1.165) is 5.92 Å². The highest BCUT2D eigenvalue weighted by Crippen LogP contribution is 2.29. The van der Waals surface area contributed by atoms with Crippen LogP contribution in [-0.2, 0) is 0 Å². The fraction of sp³-hybridized carbons (Fsp3) is 0.444. The third-order valence-corrected chi connectivity index (χ3v) is 4.53. The lowest BCUT2D eigenvalue weighted by atomic mass is 9.83. The molecular formula is C18H24N2. The van der Waals surface area contributed by atoms with Crippen LogP contribution in [0, 0.1) is 5.92 Å². The van der Waals surface area contributed by atoms with Crippen LogP contribution in [-0.4, -0.2) is 10.6 Å². The molecule has 3 rings (SSSR count). The summed E-state index contributed by atoms with van der Waals surface area (Å²) < 4.78 is 2.16. The van der Waals surface area contributed by atoms with Crippen LogP contribution in [0.3, 0.4) is 0 Å².